The van der Waals surface area contributed by atoms with E-state index in [0.29, 0.717) is 29.6 Å². The highest BCUT2D eigenvalue weighted by atomic mass is 19.1. The maximum absolute atomic E-state index is 13.6. The lowest BCUT2D eigenvalue weighted by Gasteiger charge is -2.51. The summed E-state index contributed by atoms with van der Waals surface area (Å²) in [7, 11) is 0. The Hall–Kier alpha value is -3.26. The molecule has 0 spiro atoms. The molecule has 3 aliphatic rings. The van der Waals surface area contributed by atoms with Crippen molar-refractivity contribution in [3.63, 3.8) is 0 Å². The summed E-state index contributed by atoms with van der Waals surface area (Å²) in [5, 5.41) is 5.59. The summed E-state index contributed by atoms with van der Waals surface area (Å²) in [6.07, 6.45) is 5.25. The first-order valence-electron chi connectivity index (χ1n) is 12.4. The number of piperidine rings is 1. The van der Waals surface area contributed by atoms with Gasteiger partial charge in [-0.1, -0.05) is 36.8 Å². The van der Waals surface area contributed by atoms with E-state index in [2.05, 4.69) is 27.7 Å². The number of aromatic nitrogens is 1. The zero-order valence-corrected chi connectivity index (χ0v) is 19.4. The van der Waals surface area contributed by atoms with Crippen molar-refractivity contribution in [1.29, 1.82) is 0 Å². The molecule has 3 heterocycles. The van der Waals surface area contributed by atoms with Gasteiger partial charge in [-0.25, -0.2) is 18.6 Å². The lowest BCUT2D eigenvalue weighted by atomic mass is 9.63. The monoisotopic (exact) mass is 479 g/mol. The number of oxazole rings is 1. The van der Waals surface area contributed by atoms with Gasteiger partial charge < -0.3 is 20.0 Å². The zero-order chi connectivity index (χ0) is 24.0. The second kappa shape index (κ2) is 8.75. The Morgan fingerprint density at radius 3 is 2.60 bits per heavy atom. The number of urea groups is 1. The number of hydrogen-bond donors (Lipinski definition) is 2. The minimum atomic E-state index is -0.608. The minimum Gasteiger partial charge on any atom is -0.448 e. The van der Waals surface area contributed by atoms with Crippen LogP contribution in [0.5, 0.6) is 0 Å². The third-order valence-corrected chi connectivity index (χ3v) is 8.05. The Morgan fingerprint density at radius 2 is 1.89 bits per heavy atom. The number of nitrogens with zero attached hydrogens (tertiary/aromatic N) is 2. The number of nitrogens with one attached hydrogen (secondary N) is 1. The van der Waals surface area contributed by atoms with E-state index in [1.54, 1.807) is 6.26 Å². The smallest absolute Gasteiger partial charge is 0.318 e. The van der Waals surface area contributed by atoms with E-state index in [4.69, 9.17) is 9.40 Å². The standard InChI is InChI=1S/C27H28F2N4O2/c28-20-9-18(10-21(29)12-20)11-22-15-35-25(31-22)23-13-30-16-27(19-7-4-8-19)24(23)32-26(34)33(27)14-17-5-2-1-3-6-17/h1-3,5-6,9-10,12,15,19,23-24,30H,4,7-8,11,13-14,16H2,(H,32,34)/p+1. The predicted octanol–water partition coefficient (Wildman–Crippen LogP) is 3.34. The Labute approximate surface area is 202 Å². The van der Waals surface area contributed by atoms with Crippen molar-refractivity contribution < 1.29 is 23.3 Å². The molecule has 3 unspecified atom stereocenters. The molecule has 182 valence electrons. The highest BCUT2D eigenvalue weighted by Gasteiger charge is 2.64. The van der Waals surface area contributed by atoms with E-state index in [9.17, 15) is 13.6 Å². The first-order chi connectivity index (χ1) is 17.0. The van der Waals surface area contributed by atoms with E-state index in [1.165, 1.54) is 18.6 Å². The summed E-state index contributed by atoms with van der Waals surface area (Å²) in [5.74, 6) is -0.305. The molecule has 3 N–H and O–H groups in total. The highest BCUT2D eigenvalue weighted by molar-refractivity contribution is 5.79. The van der Waals surface area contributed by atoms with Crippen LogP contribution in [0, 0.1) is 17.6 Å². The third-order valence-electron chi connectivity index (χ3n) is 8.05. The Morgan fingerprint density at radius 1 is 1.11 bits per heavy atom. The average molecular weight is 480 g/mol. The first kappa shape index (κ1) is 22.2. The Bertz CT molecular complexity index is 1210. The molecule has 2 aliphatic heterocycles. The van der Waals surface area contributed by atoms with Crippen LogP contribution < -0.4 is 10.6 Å². The van der Waals surface area contributed by atoms with Gasteiger partial charge in [0.25, 0.3) is 0 Å². The van der Waals surface area contributed by atoms with Crippen LogP contribution in [-0.2, 0) is 13.0 Å². The largest absolute Gasteiger partial charge is 0.448 e. The van der Waals surface area contributed by atoms with Crippen molar-refractivity contribution in [2.75, 3.05) is 13.1 Å². The van der Waals surface area contributed by atoms with Gasteiger partial charge in [-0.3, -0.25) is 0 Å². The van der Waals surface area contributed by atoms with Crippen LogP contribution in [0.25, 0.3) is 0 Å². The van der Waals surface area contributed by atoms with Crippen LogP contribution >= 0.6 is 0 Å². The van der Waals surface area contributed by atoms with Crippen molar-refractivity contribution in [3.8, 4) is 0 Å². The molecule has 0 bridgehead atoms. The van der Waals surface area contributed by atoms with Gasteiger partial charge in [0, 0.05) is 19.0 Å². The second-order valence-corrected chi connectivity index (χ2v) is 10.1. The minimum absolute atomic E-state index is 0.0342. The molecule has 1 aliphatic carbocycles. The van der Waals surface area contributed by atoms with E-state index in [0.717, 1.165) is 37.6 Å². The molecule has 3 atom stereocenters. The van der Waals surface area contributed by atoms with Crippen LogP contribution in [0.3, 0.4) is 0 Å². The van der Waals surface area contributed by atoms with Gasteiger partial charge in [-0.15, -0.1) is 0 Å². The first-order valence-corrected chi connectivity index (χ1v) is 12.4. The van der Waals surface area contributed by atoms with E-state index in [1.807, 2.05) is 18.2 Å². The van der Waals surface area contributed by atoms with Crippen molar-refractivity contribution in [2.45, 2.75) is 49.7 Å². The molecule has 35 heavy (non-hydrogen) atoms. The summed E-state index contributed by atoms with van der Waals surface area (Å²) >= 11 is 0. The summed E-state index contributed by atoms with van der Waals surface area (Å²) in [6, 6.07) is 13.5. The topological polar surface area (TPSA) is 75.0 Å². The molecule has 2 aromatic carbocycles. The number of hydrogen-bond acceptors (Lipinski definition) is 3. The van der Waals surface area contributed by atoms with Crippen LogP contribution in [0.15, 0.2) is 59.2 Å². The van der Waals surface area contributed by atoms with Gasteiger partial charge in [0.05, 0.1) is 18.3 Å². The number of halogens is 2. The molecule has 8 heteroatoms. The highest BCUT2D eigenvalue weighted by Crippen LogP contribution is 2.48. The summed E-state index contributed by atoms with van der Waals surface area (Å²) in [6.45, 7) is 2.18. The van der Waals surface area contributed by atoms with Crippen molar-refractivity contribution in [2.24, 2.45) is 5.92 Å². The molecule has 1 saturated carbocycles. The van der Waals surface area contributed by atoms with Crippen LogP contribution in [0.2, 0.25) is 0 Å². The fourth-order valence-electron chi connectivity index (χ4n) is 6.28. The number of benzene rings is 2. The van der Waals surface area contributed by atoms with Crippen molar-refractivity contribution in [1.82, 2.24) is 15.2 Å². The maximum Gasteiger partial charge on any atom is 0.318 e. The summed E-state index contributed by atoms with van der Waals surface area (Å²) < 4.78 is 33.2. The van der Waals surface area contributed by atoms with Crippen LogP contribution in [0.1, 0.15) is 47.9 Å². The molecule has 1 aromatic heterocycles. The summed E-state index contributed by atoms with van der Waals surface area (Å²) in [5.41, 5.74) is 1.93. The molecular weight excluding hydrogens is 450 g/mol. The number of amides is 2. The predicted molar refractivity (Wildman–Crippen MR) is 124 cm³/mol. The zero-order valence-electron chi connectivity index (χ0n) is 19.4. The normalized spacial score (nSPS) is 26.3. The number of carbonyl (C=O) groups is 1. The second-order valence-electron chi connectivity index (χ2n) is 10.1. The molecular formula is C27H29F2N4O2+. The number of fused-ring (bicyclic) bond motifs is 1. The van der Waals surface area contributed by atoms with Gasteiger partial charge in [0.15, 0.2) is 0 Å². The third kappa shape index (κ3) is 3.89. The summed E-state index contributed by atoms with van der Waals surface area (Å²) in [4.78, 5) is 20.1. The van der Waals surface area contributed by atoms with Crippen LogP contribution in [0.4, 0.5) is 13.6 Å². The van der Waals surface area contributed by atoms with Gasteiger partial charge in [0.2, 0.25) is 5.89 Å². The average Bonchev–Trinajstić information content (AvgIpc) is 3.35. The lowest BCUT2D eigenvalue weighted by molar-refractivity contribution is -0.678. The van der Waals surface area contributed by atoms with E-state index >= 15 is 0 Å². The molecule has 2 saturated heterocycles. The molecule has 6 rings (SSSR count). The molecule has 3 aromatic rings. The molecule has 2 amide bonds. The van der Waals surface area contributed by atoms with Crippen molar-refractivity contribution in [3.05, 3.63) is 89.1 Å². The van der Waals surface area contributed by atoms with Crippen molar-refractivity contribution >= 4 is 6.03 Å². The Balaban J connectivity index is 1.29. The Kier molecular flexibility index (Phi) is 5.56. The fourth-order valence-corrected chi connectivity index (χ4v) is 6.28. The van der Waals surface area contributed by atoms with Gasteiger partial charge in [0.1, 0.15) is 35.9 Å². The van der Waals surface area contributed by atoms with Crippen LogP contribution in [-0.4, -0.2) is 40.6 Å². The number of quaternary nitrogens is 1. The van der Waals surface area contributed by atoms with Gasteiger partial charge >= 0.3 is 6.03 Å². The lowest BCUT2D eigenvalue weighted by Crippen LogP contribution is -2.96. The van der Waals surface area contributed by atoms with E-state index < -0.39 is 11.6 Å². The SMILES string of the molecule is O=C1NC2C(c3nc(Cc4cc(F)cc(F)c4)co3)C[NH2+]CC2(C2CCC2)N1Cc1ccccc1. The maximum atomic E-state index is 13.6. The quantitative estimate of drug-likeness (QED) is 0.570. The van der Waals surface area contributed by atoms with Gasteiger partial charge in [-0.05, 0) is 42.0 Å². The van der Waals surface area contributed by atoms with E-state index in [-0.39, 0.29) is 30.0 Å². The molecule has 0 radical (unpaired) electrons. The number of rotatable bonds is 6. The molecule has 6 nitrogen and oxygen atoms in total. The van der Waals surface area contributed by atoms with Gasteiger partial charge in [-0.2, -0.15) is 0 Å². The fraction of sp³-hybridized carbons (Fsp3) is 0.407. The number of carbonyl (C=O) groups excluding carboxylic acids is 1. The number of nitrogens with two attached hydrogens (primary N) is 1. The molecule has 3 fully saturated rings.